The van der Waals surface area contributed by atoms with Gasteiger partial charge in [0.25, 0.3) is 0 Å². The van der Waals surface area contributed by atoms with Gasteiger partial charge >= 0.3 is 0 Å². The number of aromatic nitrogens is 1. The normalized spacial score (nSPS) is 23.0. The van der Waals surface area contributed by atoms with Crippen molar-refractivity contribution >= 4 is 5.96 Å². The molecule has 1 aromatic heterocycles. The Labute approximate surface area is 151 Å². The van der Waals surface area contributed by atoms with Crippen molar-refractivity contribution in [2.75, 3.05) is 0 Å². The molecule has 7 nitrogen and oxygen atoms in total. The summed E-state index contributed by atoms with van der Waals surface area (Å²) >= 11 is 0. The van der Waals surface area contributed by atoms with E-state index in [0.717, 1.165) is 47.5 Å². The molecule has 2 aromatic rings. The maximum Gasteiger partial charge on any atom is 0.238 e. The first-order valence-electron chi connectivity index (χ1n) is 8.73. The number of hydrogen-bond acceptors (Lipinski definition) is 5. The molecule has 136 valence electrons. The summed E-state index contributed by atoms with van der Waals surface area (Å²) in [5, 5.41) is 26.5. The standard InChI is InChI=1S/C19H22N4O3/c1-10-16(11(2)26-22-10)18-17(12-6-8-13(24)9-7-12)14-4-3-5-15(14)23(18)19(20)21-25/h6-9,17-18,24-25H,3-5H2,1-2H3,(H2,20,21). The zero-order valence-corrected chi connectivity index (χ0v) is 14.8. The van der Waals surface area contributed by atoms with E-state index in [1.165, 1.54) is 5.57 Å². The highest BCUT2D eigenvalue weighted by Gasteiger charge is 2.47. The number of nitrogens with two attached hydrogens (primary N) is 1. The van der Waals surface area contributed by atoms with Gasteiger partial charge in [-0.2, -0.15) is 0 Å². The number of phenols is 1. The lowest BCUT2D eigenvalue weighted by Crippen LogP contribution is -2.38. The van der Waals surface area contributed by atoms with Gasteiger partial charge in [0.15, 0.2) is 0 Å². The molecule has 2 aliphatic rings. The van der Waals surface area contributed by atoms with Crippen molar-refractivity contribution < 1.29 is 14.8 Å². The van der Waals surface area contributed by atoms with Gasteiger partial charge in [0, 0.05) is 17.2 Å². The molecule has 0 fully saturated rings. The van der Waals surface area contributed by atoms with E-state index >= 15 is 0 Å². The SMILES string of the molecule is Cc1noc(C)c1C1C(c2ccc(O)cc2)C2=C(CCC2)N1/C(N)=N/O. The lowest BCUT2D eigenvalue weighted by molar-refractivity contribution is 0.290. The number of hydrogen-bond donors (Lipinski definition) is 3. The highest BCUT2D eigenvalue weighted by molar-refractivity contribution is 5.81. The molecule has 1 aliphatic heterocycles. The number of oxime groups is 1. The molecule has 0 radical (unpaired) electrons. The minimum absolute atomic E-state index is 0.0326. The summed E-state index contributed by atoms with van der Waals surface area (Å²) in [5.74, 6) is 1.07. The van der Waals surface area contributed by atoms with Crippen molar-refractivity contribution in [2.24, 2.45) is 10.9 Å². The van der Waals surface area contributed by atoms with Crippen molar-refractivity contribution in [3.8, 4) is 5.75 Å². The lowest BCUT2D eigenvalue weighted by Gasteiger charge is -2.32. The van der Waals surface area contributed by atoms with E-state index in [4.69, 9.17) is 10.3 Å². The summed E-state index contributed by atoms with van der Waals surface area (Å²) < 4.78 is 5.42. The smallest absolute Gasteiger partial charge is 0.238 e. The van der Waals surface area contributed by atoms with Crippen molar-refractivity contribution in [3.63, 3.8) is 0 Å². The van der Waals surface area contributed by atoms with E-state index in [-0.39, 0.29) is 23.7 Å². The summed E-state index contributed by atoms with van der Waals surface area (Å²) in [4.78, 5) is 1.92. The zero-order valence-electron chi connectivity index (χ0n) is 14.8. The van der Waals surface area contributed by atoms with E-state index in [2.05, 4.69) is 10.3 Å². The Morgan fingerprint density at radius 3 is 2.62 bits per heavy atom. The minimum atomic E-state index is -0.188. The lowest BCUT2D eigenvalue weighted by atomic mass is 9.82. The second-order valence-corrected chi connectivity index (χ2v) is 6.91. The second-order valence-electron chi connectivity index (χ2n) is 6.91. The number of likely N-dealkylation sites (tertiary alicyclic amines) is 1. The van der Waals surface area contributed by atoms with Crippen LogP contribution >= 0.6 is 0 Å². The van der Waals surface area contributed by atoms with E-state index in [1.54, 1.807) is 12.1 Å². The van der Waals surface area contributed by atoms with Gasteiger partial charge in [0.1, 0.15) is 11.5 Å². The molecule has 0 saturated heterocycles. The molecule has 2 heterocycles. The van der Waals surface area contributed by atoms with Crippen LogP contribution in [0.4, 0.5) is 0 Å². The third-order valence-corrected chi connectivity index (χ3v) is 5.48. The molecule has 2 unspecified atom stereocenters. The van der Waals surface area contributed by atoms with Crippen LogP contribution in [0.2, 0.25) is 0 Å². The van der Waals surface area contributed by atoms with Crippen LogP contribution in [-0.4, -0.2) is 26.3 Å². The van der Waals surface area contributed by atoms with Crippen LogP contribution in [-0.2, 0) is 0 Å². The number of benzene rings is 1. The number of rotatable bonds is 2. The molecule has 0 amide bonds. The molecule has 2 atom stereocenters. The summed E-state index contributed by atoms with van der Waals surface area (Å²) in [6.07, 6.45) is 2.90. The highest BCUT2D eigenvalue weighted by atomic mass is 16.5. The van der Waals surface area contributed by atoms with Crippen LogP contribution in [0.3, 0.4) is 0 Å². The number of guanidine groups is 1. The van der Waals surface area contributed by atoms with E-state index in [9.17, 15) is 10.3 Å². The number of aromatic hydroxyl groups is 1. The Balaban J connectivity index is 1.92. The van der Waals surface area contributed by atoms with E-state index < -0.39 is 0 Å². The first-order valence-corrected chi connectivity index (χ1v) is 8.73. The molecule has 0 bridgehead atoms. The molecule has 1 aliphatic carbocycles. The Hall–Kier alpha value is -2.96. The van der Waals surface area contributed by atoms with Crippen LogP contribution in [0.25, 0.3) is 0 Å². The van der Waals surface area contributed by atoms with E-state index in [1.807, 2.05) is 30.9 Å². The van der Waals surface area contributed by atoms with Gasteiger partial charge in [-0.3, -0.25) is 0 Å². The fraction of sp³-hybridized carbons (Fsp3) is 0.368. The average Bonchev–Trinajstić information content (AvgIpc) is 3.29. The van der Waals surface area contributed by atoms with Crippen molar-refractivity contribution in [3.05, 3.63) is 58.1 Å². The molecule has 0 saturated carbocycles. The maximum atomic E-state index is 9.68. The molecular weight excluding hydrogens is 332 g/mol. The molecule has 26 heavy (non-hydrogen) atoms. The minimum Gasteiger partial charge on any atom is -0.508 e. The van der Waals surface area contributed by atoms with Gasteiger partial charge in [0.2, 0.25) is 5.96 Å². The van der Waals surface area contributed by atoms with Crippen LogP contribution in [0, 0.1) is 13.8 Å². The Morgan fingerprint density at radius 2 is 2.00 bits per heavy atom. The third kappa shape index (κ3) is 2.34. The van der Waals surface area contributed by atoms with Gasteiger partial charge < -0.3 is 25.5 Å². The summed E-state index contributed by atoms with van der Waals surface area (Å²) in [7, 11) is 0. The molecule has 1 aromatic carbocycles. The second kappa shape index (κ2) is 6.09. The predicted molar refractivity (Wildman–Crippen MR) is 95.7 cm³/mol. The highest BCUT2D eigenvalue weighted by Crippen LogP contribution is 2.55. The fourth-order valence-electron chi connectivity index (χ4n) is 4.47. The molecule has 4 N–H and O–H groups in total. The number of aryl methyl sites for hydroxylation is 2. The first-order chi connectivity index (χ1) is 12.5. The average molecular weight is 354 g/mol. The van der Waals surface area contributed by atoms with Crippen molar-refractivity contribution in [1.29, 1.82) is 0 Å². The van der Waals surface area contributed by atoms with Gasteiger partial charge in [-0.05, 0) is 56.4 Å². The van der Waals surface area contributed by atoms with Crippen molar-refractivity contribution in [1.82, 2.24) is 10.1 Å². The molecule has 7 heteroatoms. The Bertz CT molecular complexity index is 879. The largest absolute Gasteiger partial charge is 0.508 e. The van der Waals surface area contributed by atoms with Crippen LogP contribution < -0.4 is 5.73 Å². The van der Waals surface area contributed by atoms with E-state index in [0.29, 0.717) is 0 Å². The molecular formula is C19H22N4O3. The van der Waals surface area contributed by atoms with Gasteiger partial charge in [-0.25, -0.2) is 0 Å². The number of phenolic OH excluding ortho intramolecular Hbond substituents is 1. The van der Waals surface area contributed by atoms with Gasteiger partial charge in [0.05, 0.1) is 11.7 Å². The van der Waals surface area contributed by atoms with Gasteiger partial charge in [-0.1, -0.05) is 22.4 Å². The monoisotopic (exact) mass is 354 g/mol. The predicted octanol–water partition coefficient (Wildman–Crippen LogP) is 3.28. The van der Waals surface area contributed by atoms with Crippen molar-refractivity contribution in [2.45, 2.75) is 45.1 Å². The number of nitrogens with zero attached hydrogens (tertiary/aromatic N) is 3. The molecule has 4 rings (SSSR count). The maximum absolute atomic E-state index is 9.68. The summed E-state index contributed by atoms with van der Waals surface area (Å²) in [6, 6.07) is 7.07. The summed E-state index contributed by atoms with van der Waals surface area (Å²) in [5.41, 5.74) is 11.3. The van der Waals surface area contributed by atoms with Crippen LogP contribution in [0.5, 0.6) is 5.75 Å². The zero-order chi connectivity index (χ0) is 18.4. The first kappa shape index (κ1) is 16.5. The topological polar surface area (TPSA) is 108 Å². The van der Waals surface area contributed by atoms with Gasteiger partial charge in [-0.15, -0.1) is 0 Å². The van der Waals surface area contributed by atoms with Crippen LogP contribution in [0.1, 0.15) is 53.8 Å². The fourth-order valence-corrected chi connectivity index (χ4v) is 4.47. The summed E-state index contributed by atoms with van der Waals surface area (Å²) in [6.45, 7) is 3.80. The number of allylic oxidation sites excluding steroid dienone is 1. The third-order valence-electron chi connectivity index (χ3n) is 5.48. The Kier molecular flexibility index (Phi) is 3.86. The quantitative estimate of drug-likeness (QED) is 0.331. The Morgan fingerprint density at radius 1 is 1.27 bits per heavy atom. The molecule has 0 spiro atoms. The van der Waals surface area contributed by atoms with Crippen LogP contribution in [0.15, 0.2) is 45.2 Å².